The maximum Gasteiger partial charge on any atom is 0.0979 e. The monoisotopic (exact) mass is 361 g/mol. The first kappa shape index (κ1) is 19.7. The van der Waals surface area contributed by atoms with E-state index in [2.05, 4.69) is 24.5 Å². The van der Waals surface area contributed by atoms with Crippen molar-refractivity contribution in [2.24, 2.45) is 0 Å². The van der Waals surface area contributed by atoms with Crippen molar-refractivity contribution in [1.29, 1.82) is 5.26 Å². The van der Waals surface area contributed by atoms with E-state index in [0.29, 0.717) is 17.7 Å². The summed E-state index contributed by atoms with van der Waals surface area (Å²) in [7, 11) is -1.36. The molecule has 26 heavy (non-hydrogen) atoms. The van der Waals surface area contributed by atoms with Crippen LogP contribution in [0.1, 0.15) is 37.8 Å². The summed E-state index contributed by atoms with van der Waals surface area (Å²) < 4.78 is 13.2. The lowest BCUT2D eigenvalue weighted by Crippen LogP contribution is -2.26. The second-order valence-corrected chi connectivity index (χ2v) is 7.96. The highest BCUT2D eigenvalue weighted by molar-refractivity contribution is 7.85. The van der Waals surface area contributed by atoms with Crippen LogP contribution in [-0.2, 0) is 16.2 Å². The molecular formula is C23H23NOS. The standard InChI is InChI=1S/C23H23NOS/c1-5-6-15-23(17-24,16-18(2)3)21-9-7-8-10-22(21)26(25)20-13-11-19(4)12-14-20/h7-14H,2,15-16H2,1,3-4H3/t23-,26?/m0/s1. The van der Waals surface area contributed by atoms with Gasteiger partial charge in [-0.05, 0) is 51.0 Å². The number of benzene rings is 2. The molecule has 0 fully saturated rings. The van der Waals surface area contributed by atoms with Gasteiger partial charge in [-0.15, -0.1) is 18.4 Å². The van der Waals surface area contributed by atoms with Gasteiger partial charge in [-0.3, -0.25) is 0 Å². The molecular weight excluding hydrogens is 338 g/mol. The number of allylic oxidation sites excluding steroid dienone is 1. The zero-order valence-electron chi connectivity index (χ0n) is 15.5. The summed E-state index contributed by atoms with van der Waals surface area (Å²) in [6.45, 7) is 9.66. The van der Waals surface area contributed by atoms with Crippen LogP contribution in [-0.4, -0.2) is 4.21 Å². The molecule has 2 aromatic carbocycles. The zero-order chi connectivity index (χ0) is 19.2. The normalized spacial score (nSPS) is 13.6. The van der Waals surface area contributed by atoms with Crippen LogP contribution >= 0.6 is 0 Å². The molecule has 0 aliphatic heterocycles. The SMILES string of the molecule is C=C(C)C[C@](C#N)(CC#CC)c1ccccc1S(=O)c1ccc(C)cc1. The van der Waals surface area contributed by atoms with Crippen LogP contribution in [0.3, 0.4) is 0 Å². The second kappa shape index (κ2) is 8.65. The van der Waals surface area contributed by atoms with E-state index in [-0.39, 0.29) is 0 Å². The largest absolute Gasteiger partial charge is 0.249 e. The summed E-state index contributed by atoms with van der Waals surface area (Å²) in [5.74, 6) is 5.93. The first-order valence-corrected chi connectivity index (χ1v) is 9.61. The van der Waals surface area contributed by atoms with E-state index in [1.54, 1.807) is 6.92 Å². The summed E-state index contributed by atoms with van der Waals surface area (Å²) in [4.78, 5) is 1.39. The highest BCUT2D eigenvalue weighted by Gasteiger charge is 2.35. The summed E-state index contributed by atoms with van der Waals surface area (Å²) in [5, 5.41) is 10.1. The third-order valence-electron chi connectivity index (χ3n) is 4.22. The van der Waals surface area contributed by atoms with Crippen molar-refractivity contribution >= 4 is 10.8 Å². The van der Waals surface area contributed by atoms with Crippen LogP contribution in [0.15, 0.2) is 70.5 Å². The van der Waals surface area contributed by atoms with Crippen LogP contribution in [0.25, 0.3) is 0 Å². The van der Waals surface area contributed by atoms with Crippen molar-refractivity contribution in [3.63, 3.8) is 0 Å². The maximum absolute atomic E-state index is 13.2. The molecule has 0 radical (unpaired) electrons. The van der Waals surface area contributed by atoms with E-state index in [4.69, 9.17) is 0 Å². The third-order valence-corrected chi connectivity index (χ3v) is 5.68. The minimum atomic E-state index is -1.36. The lowest BCUT2D eigenvalue weighted by Gasteiger charge is -2.27. The summed E-state index contributed by atoms with van der Waals surface area (Å²) in [6, 6.07) is 17.6. The minimum absolute atomic E-state index is 0.384. The molecule has 2 aromatic rings. The number of rotatable bonds is 6. The van der Waals surface area contributed by atoms with E-state index < -0.39 is 16.2 Å². The van der Waals surface area contributed by atoms with Crippen molar-refractivity contribution in [2.75, 3.05) is 0 Å². The van der Waals surface area contributed by atoms with Gasteiger partial charge >= 0.3 is 0 Å². The second-order valence-electron chi connectivity index (χ2n) is 6.51. The molecule has 2 atom stereocenters. The molecule has 0 bridgehead atoms. The predicted molar refractivity (Wildman–Crippen MR) is 107 cm³/mol. The van der Waals surface area contributed by atoms with Crippen molar-refractivity contribution in [1.82, 2.24) is 0 Å². The van der Waals surface area contributed by atoms with Crippen LogP contribution in [0.4, 0.5) is 0 Å². The molecule has 0 heterocycles. The summed E-state index contributed by atoms with van der Waals surface area (Å²) in [5.41, 5.74) is 1.93. The molecule has 0 aromatic heterocycles. The van der Waals surface area contributed by atoms with E-state index in [0.717, 1.165) is 21.6 Å². The molecule has 0 spiro atoms. The average molecular weight is 362 g/mol. The smallest absolute Gasteiger partial charge is 0.0979 e. The molecule has 0 N–H and O–H groups in total. The Labute approximate surface area is 159 Å². The van der Waals surface area contributed by atoms with Crippen LogP contribution in [0, 0.1) is 30.1 Å². The Morgan fingerprint density at radius 3 is 2.42 bits per heavy atom. The number of nitrogens with zero attached hydrogens (tertiary/aromatic N) is 1. The topological polar surface area (TPSA) is 40.9 Å². The van der Waals surface area contributed by atoms with Crippen molar-refractivity contribution in [3.8, 4) is 17.9 Å². The first-order chi connectivity index (χ1) is 12.4. The minimum Gasteiger partial charge on any atom is -0.249 e. The van der Waals surface area contributed by atoms with E-state index >= 15 is 0 Å². The van der Waals surface area contributed by atoms with Crippen LogP contribution in [0.2, 0.25) is 0 Å². The average Bonchev–Trinajstić information content (AvgIpc) is 2.65. The number of nitriles is 1. The lowest BCUT2D eigenvalue weighted by molar-refractivity contribution is 0.547. The molecule has 0 amide bonds. The first-order valence-electron chi connectivity index (χ1n) is 8.47. The van der Waals surface area contributed by atoms with Crippen molar-refractivity contribution in [2.45, 2.75) is 48.8 Å². The van der Waals surface area contributed by atoms with Gasteiger partial charge in [0, 0.05) is 16.2 Å². The highest BCUT2D eigenvalue weighted by Crippen LogP contribution is 2.38. The van der Waals surface area contributed by atoms with Gasteiger partial charge in [0.15, 0.2) is 0 Å². The van der Waals surface area contributed by atoms with Gasteiger partial charge in [0.1, 0.15) is 0 Å². The Hall–Kier alpha value is -2.62. The van der Waals surface area contributed by atoms with Gasteiger partial charge in [0.25, 0.3) is 0 Å². The van der Waals surface area contributed by atoms with Crippen LogP contribution < -0.4 is 0 Å². The molecule has 0 saturated carbocycles. The Bertz CT molecular complexity index is 925. The molecule has 1 unspecified atom stereocenters. The van der Waals surface area contributed by atoms with E-state index in [9.17, 15) is 9.47 Å². The van der Waals surface area contributed by atoms with Crippen LogP contribution in [0.5, 0.6) is 0 Å². The fourth-order valence-electron chi connectivity index (χ4n) is 2.96. The molecule has 0 saturated heterocycles. The summed E-state index contributed by atoms with van der Waals surface area (Å²) in [6.07, 6.45) is 0.870. The molecule has 132 valence electrons. The number of hydrogen-bond donors (Lipinski definition) is 0. The van der Waals surface area contributed by atoms with Gasteiger partial charge < -0.3 is 0 Å². The Morgan fingerprint density at radius 1 is 1.19 bits per heavy atom. The Balaban J connectivity index is 2.62. The molecule has 0 aliphatic carbocycles. The lowest BCUT2D eigenvalue weighted by atomic mass is 9.74. The van der Waals surface area contributed by atoms with Crippen molar-refractivity contribution < 1.29 is 4.21 Å². The van der Waals surface area contributed by atoms with Gasteiger partial charge in [0.2, 0.25) is 0 Å². The number of aryl methyl sites for hydroxylation is 1. The molecule has 2 rings (SSSR count). The van der Waals surface area contributed by atoms with Gasteiger partial charge in [-0.25, -0.2) is 4.21 Å². The fraction of sp³-hybridized carbons (Fsp3) is 0.261. The quantitative estimate of drug-likeness (QED) is 0.517. The molecule has 3 heteroatoms. The molecule has 0 aliphatic rings. The van der Waals surface area contributed by atoms with Gasteiger partial charge in [-0.2, -0.15) is 5.26 Å². The zero-order valence-corrected chi connectivity index (χ0v) is 16.3. The Morgan fingerprint density at radius 2 is 1.85 bits per heavy atom. The van der Waals surface area contributed by atoms with Gasteiger partial charge in [0.05, 0.1) is 22.3 Å². The van der Waals surface area contributed by atoms with Crippen molar-refractivity contribution in [3.05, 3.63) is 71.8 Å². The Kier molecular flexibility index (Phi) is 6.56. The van der Waals surface area contributed by atoms with Gasteiger partial charge in [-0.1, -0.05) is 41.5 Å². The van der Waals surface area contributed by atoms with E-state index in [1.165, 1.54) is 0 Å². The summed E-state index contributed by atoms with van der Waals surface area (Å²) >= 11 is 0. The third kappa shape index (κ3) is 4.31. The highest BCUT2D eigenvalue weighted by atomic mass is 32.2. The van der Waals surface area contributed by atoms with E-state index in [1.807, 2.05) is 62.4 Å². The predicted octanol–water partition coefficient (Wildman–Crippen LogP) is 5.30. The molecule has 2 nitrogen and oxygen atoms in total. The fourth-order valence-corrected chi connectivity index (χ4v) is 4.26. The maximum atomic E-state index is 13.2. The number of hydrogen-bond acceptors (Lipinski definition) is 2.